The number of fused-ring (bicyclic) bond motifs is 2. The van der Waals surface area contributed by atoms with Crippen molar-refractivity contribution in [2.75, 3.05) is 19.6 Å². The molecular weight excluding hydrogens is 250 g/mol. The Morgan fingerprint density at radius 1 is 1.40 bits per heavy atom. The minimum atomic E-state index is -0.423. The van der Waals surface area contributed by atoms with E-state index in [-0.39, 0.29) is 5.91 Å². The fourth-order valence-electron chi connectivity index (χ4n) is 5.05. The van der Waals surface area contributed by atoms with Gasteiger partial charge in [0.2, 0.25) is 5.91 Å². The van der Waals surface area contributed by atoms with E-state index in [0.29, 0.717) is 5.92 Å². The first-order valence-electron chi connectivity index (χ1n) is 8.44. The number of likely N-dealkylation sites (N-methyl/N-ethyl adjacent to an activating group) is 1. The number of amides is 1. The van der Waals surface area contributed by atoms with Gasteiger partial charge in [0.05, 0.1) is 0 Å². The molecule has 3 aliphatic rings. The maximum Gasteiger partial charge on any atom is 0.238 e. The van der Waals surface area contributed by atoms with Crippen LogP contribution in [0.2, 0.25) is 0 Å². The number of hydrogen-bond donors (Lipinski definition) is 2. The van der Waals surface area contributed by atoms with Gasteiger partial charge in [-0.2, -0.15) is 0 Å². The molecule has 3 N–H and O–H groups in total. The third kappa shape index (κ3) is 2.37. The van der Waals surface area contributed by atoms with Crippen molar-refractivity contribution in [3.05, 3.63) is 0 Å². The van der Waals surface area contributed by atoms with Crippen LogP contribution in [0.15, 0.2) is 0 Å². The fourth-order valence-corrected chi connectivity index (χ4v) is 5.05. The standard InChI is InChI=1S/C16H29N3O/c1-2-18-16(15(17)20)8-3-4-13(16)7-9-19-11-12-5-6-14(19)10-12/h12-14,18H,2-11H2,1H3,(H2,17,20). The molecule has 0 radical (unpaired) electrons. The van der Waals surface area contributed by atoms with E-state index in [9.17, 15) is 4.79 Å². The average molecular weight is 279 g/mol. The van der Waals surface area contributed by atoms with Crippen molar-refractivity contribution in [1.29, 1.82) is 0 Å². The van der Waals surface area contributed by atoms with Crippen molar-refractivity contribution in [3.63, 3.8) is 0 Å². The van der Waals surface area contributed by atoms with Gasteiger partial charge in [-0.1, -0.05) is 13.3 Å². The highest BCUT2D eigenvalue weighted by atomic mass is 16.1. The molecule has 2 bridgehead atoms. The zero-order valence-corrected chi connectivity index (χ0v) is 12.7. The van der Waals surface area contributed by atoms with E-state index in [1.807, 2.05) is 0 Å². The van der Waals surface area contributed by atoms with Crippen LogP contribution in [0.4, 0.5) is 0 Å². The Labute approximate surface area is 122 Å². The molecule has 3 fully saturated rings. The van der Waals surface area contributed by atoms with Gasteiger partial charge in [0.25, 0.3) is 0 Å². The van der Waals surface area contributed by atoms with E-state index in [1.165, 1.54) is 25.8 Å². The van der Waals surface area contributed by atoms with E-state index in [1.54, 1.807) is 0 Å². The van der Waals surface area contributed by atoms with Gasteiger partial charge in [-0.3, -0.25) is 4.79 Å². The zero-order valence-electron chi connectivity index (χ0n) is 12.7. The molecule has 4 unspecified atom stereocenters. The number of rotatable bonds is 6. The van der Waals surface area contributed by atoms with Crippen molar-refractivity contribution in [2.24, 2.45) is 17.6 Å². The Morgan fingerprint density at radius 3 is 2.85 bits per heavy atom. The van der Waals surface area contributed by atoms with Gasteiger partial charge in [0.15, 0.2) is 0 Å². The van der Waals surface area contributed by atoms with Crippen LogP contribution in [0, 0.1) is 11.8 Å². The summed E-state index contributed by atoms with van der Waals surface area (Å²) < 4.78 is 0. The number of hydrogen-bond acceptors (Lipinski definition) is 3. The van der Waals surface area contributed by atoms with Crippen LogP contribution in [0.5, 0.6) is 0 Å². The molecule has 20 heavy (non-hydrogen) atoms. The van der Waals surface area contributed by atoms with Crippen LogP contribution >= 0.6 is 0 Å². The molecule has 4 nitrogen and oxygen atoms in total. The highest BCUT2D eigenvalue weighted by Crippen LogP contribution is 2.41. The monoisotopic (exact) mass is 279 g/mol. The van der Waals surface area contributed by atoms with Crippen LogP contribution < -0.4 is 11.1 Å². The number of nitrogens with two attached hydrogens (primary N) is 1. The number of nitrogens with one attached hydrogen (secondary N) is 1. The molecule has 1 amide bonds. The molecule has 0 aromatic heterocycles. The number of piperidine rings is 1. The highest BCUT2D eigenvalue weighted by molar-refractivity contribution is 5.85. The maximum absolute atomic E-state index is 12.0. The van der Waals surface area contributed by atoms with Crippen molar-refractivity contribution < 1.29 is 4.79 Å². The van der Waals surface area contributed by atoms with Crippen LogP contribution in [-0.2, 0) is 4.79 Å². The molecule has 4 atom stereocenters. The van der Waals surface area contributed by atoms with Crippen LogP contribution in [-0.4, -0.2) is 42.0 Å². The van der Waals surface area contributed by atoms with Gasteiger partial charge in [0, 0.05) is 12.6 Å². The lowest BCUT2D eigenvalue weighted by Crippen LogP contribution is -2.58. The molecular formula is C16H29N3O. The van der Waals surface area contributed by atoms with Crippen LogP contribution in [0.1, 0.15) is 51.9 Å². The summed E-state index contributed by atoms with van der Waals surface area (Å²) in [6, 6.07) is 0.837. The Balaban J connectivity index is 1.59. The predicted octanol–water partition coefficient (Wildman–Crippen LogP) is 1.49. The lowest BCUT2D eigenvalue weighted by molar-refractivity contribution is -0.126. The average Bonchev–Trinajstić information content (AvgIpc) is 3.11. The molecule has 2 aliphatic carbocycles. The molecule has 0 aromatic rings. The van der Waals surface area contributed by atoms with Crippen molar-refractivity contribution >= 4 is 5.91 Å². The number of likely N-dealkylation sites (tertiary alicyclic amines) is 1. The molecule has 0 spiro atoms. The third-order valence-electron chi connectivity index (χ3n) is 6.04. The van der Waals surface area contributed by atoms with Crippen LogP contribution in [0.25, 0.3) is 0 Å². The zero-order chi connectivity index (χ0) is 14.2. The molecule has 2 saturated carbocycles. The molecule has 3 rings (SSSR count). The summed E-state index contributed by atoms with van der Waals surface area (Å²) >= 11 is 0. The maximum atomic E-state index is 12.0. The second kappa shape index (κ2) is 5.64. The summed E-state index contributed by atoms with van der Waals surface area (Å²) in [7, 11) is 0. The van der Waals surface area contributed by atoms with E-state index in [0.717, 1.165) is 50.7 Å². The third-order valence-corrected chi connectivity index (χ3v) is 6.04. The van der Waals surface area contributed by atoms with E-state index < -0.39 is 5.54 Å². The second-order valence-corrected chi connectivity index (χ2v) is 7.07. The lowest BCUT2D eigenvalue weighted by atomic mass is 9.83. The Hall–Kier alpha value is -0.610. The number of primary amides is 1. The number of carbonyl (C=O) groups excluding carboxylic acids is 1. The molecule has 1 aliphatic heterocycles. The fraction of sp³-hybridized carbons (Fsp3) is 0.938. The minimum Gasteiger partial charge on any atom is -0.368 e. The molecule has 1 heterocycles. The van der Waals surface area contributed by atoms with Gasteiger partial charge in [-0.15, -0.1) is 0 Å². The summed E-state index contributed by atoms with van der Waals surface area (Å²) in [6.45, 7) is 5.35. The summed E-state index contributed by atoms with van der Waals surface area (Å²) in [5.41, 5.74) is 5.32. The van der Waals surface area contributed by atoms with Gasteiger partial charge in [-0.05, 0) is 63.5 Å². The smallest absolute Gasteiger partial charge is 0.238 e. The number of carbonyl (C=O) groups is 1. The summed E-state index contributed by atoms with van der Waals surface area (Å²) in [4.78, 5) is 14.7. The Kier molecular flexibility index (Phi) is 4.04. The van der Waals surface area contributed by atoms with Crippen LogP contribution in [0.3, 0.4) is 0 Å². The lowest BCUT2D eigenvalue weighted by Gasteiger charge is -2.35. The molecule has 1 saturated heterocycles. The topological polar surface area (TPSA) is 58.4 Å². The van der Waals surface area contributed by atoms with E-state index >= 15 is 0 Å². The van der Waals surface area contributed by atoms with Crippen molar-refractivity contribution in [1.82, 2.24) is 10.2 Å². The Morgan fingerprint density at radius 2 is 2.25 bits per heavy atom. The van der Waals surface area contributed by atoms with Crippen molar-refractivity contribution in [3.8, 4) is 0 Å². The normalized spacial score (nSPS) is 40.5. The first-order valence-corrected chi connectivity index (χ1v) is 8.44. The van der Waals surface area contributed by atoms with Crippen molar-refractivity contribution in [2.45, 2.75) is 63.5 Å². The quantitative estimate of drug-likeness (QED) is 0.774. The van der Waals surface area contributed by atoms with Gasteiger partial charge in [-0.25, -0.2) is 0 Å². The molecule has 114 valence electrons. The van der Waals surface area contributed by atoms with Gasteiger partial charge in [0.1, 0.15) is 5.54 Å². The summed E-state index contributed by atoms with van der Waals surface area (Å²) in [6.07, 6.45) is 8.58. The minimum absolute atomic E-state index is 0.134. The SMILES string of the molecule is CCNC1(C(N)=O)CCCC1CCN1CC2CCC1C2. The first-order chi connectivity index (χ1) is 9.65. The van der Waals surface area contributed by atoms with Gasteiger partial charge >= 0.3 is 0 Å². The second-order valence-electron chi connectivity index (χ2n) is 7.07. The Bertz CT molecular complexity index is 373. The first kappa shape index (κ1) is 14.3. The largest absolute Gasteiger partial charge is 0.368 e. The predicted molar refractivity (Wildman–Crippen MR) is 80.3 cm³/mol. The number of nitrogens with zero attached hydrogens (tertiary/aromatic N) is 1. The highest BCUT2D eigenvalue weighted by Gasteiger charge is 2.47. The summed E-state index contributed by atoms with van der Waals surface area (Å²) in [5, 5.41) is 3.42. The summed E-state index contributed by atoms with van der Waals surface area (Å²) in [5.74, 6) is 1.25. The van der Waals surface area contributed by atoms with E-state index in [2.05, 4.69) is 17.1 Å². The van der Waals surface area contributed by atoms with Gasteiger partial charge < -0.3 is 16.0 Å². The molecule has 4 heteroatoms. The molecule has 0 aromatic carbocycles. The van der Waals surface area contributed by atoms with E-state index in [4.69, 9.17) is 5.73 Å².